The highest BCUT2D eigenvalue weighted by Crippen LogP contribution is 2.41. The van der Waals surface area contributed by atoms with Crippen LogP contribution in [0.3, 0.4) is 0 Å². The van der Waals surface area contributed by atoms with Gasteiger partial charge in [-0.2, -0.15) is 9.57 Å². The summed E-state index contributed by atoms with van der Waals surface area (Å²) < 4.78 is 34.0. The van der Waals surface area contributed by atoms with Crippen LogP contribution in [0.5, 0.6) is 0 Å². The quantitative estimate of drug-likeness (QED) is 0.589. The Morgan fingerprint density at radius 2 is 1.83 bits per heavy atom. The first-order valence-electron chi connectivity index (χ1n) is 10.3. The van der Waals surface area contributed by atoms with Crippen molar-refractivity contribution in [2.75, 3.05) is 13.2 Å². The molecule has 1 aromatic carbocycles. The third kappa shape index (κ3) is 4.77. The molecular weight excluding hydrogens is 400 g/mol. The van der Waals surface area contributed by atoms with Crippen molar-refractivity contribution in [1.29, 1.82) is 5.26 Å². The van der Waals surface area contributed by atoms with Gasteiger partial charge in [0.25, 0.3) is 0 Å². The normalized spacial score (nSPS) is 18.0. The number of nitrogens with zero attached hydrogens (tertiary/aromatic N) is 2. The summed E-state index contributed by atoms with van der Waals surface area (Å²) in [5.41, 5.74) is 2.60. The van der Waals surface area contributed by atoms with Crippen molar-refractivity contribution in [3.63, 3.8) is 0 Å². The zero-order valence-electron chi connectivity index (χ0n) is 19.2. The Hall–Kier alpha value is -1.20. The number of hydrogen-bond acceptors (Lipinski definition) is 4. The smallest absolute Gasteiger partial charge is 0.219 e. The number of fused-ring (bicyclic) bond motifs is 1. The molecule has 5 nitrogen and oxygen atoms in total. The van der Waals surface area contributed by atoms with Gasteiger partial charge in [-0.05, 0) is 68.9 Å². The van der Waals surface area contributed by atoms with E-state index in [1.165, 1.54) is 0 Å². The van der Waals surface area contributed by atoms with Gasteiger partial charge in [0.15, 0.2) is 8.32 Å². The molecule has 1 aliphatic carbocycles. The van der Waals surface area contributed by atoms with Crippen LogP contribution in [0.25, 0.3) is 0 Å². The van der Waals surface area contributed by atoms with E-state index in [2.05, 4.69) is 39.9 Å². The van der Waals surface area contributed by atoms with Gasteiger partial charge in [-0.15, -0.1) is 0 Å². The van der Waals surface area contributed by atoms with Crippen LogP contribution in [0, 0.1) is 11.3 Å². The maximum atomic E-state index is 13.5. The minimum Gasteiger partial charge on any atom is -0.415 e. The Labute approximate surface area is 178 Å². The highest BCUT2D eigenvalue weighted by atomic mass is 32.2. The van der Waals surface area contributed by atoms with Crippen LogP contribution in [0.1, 0.15) is 70.7 Å². The summed E-state index contributed by atoms with van der Waals surface area (Å²) in [4.78, 5) is 0. The van der Waals surface area contributed by atoms with Gasteiger partial charge in [0.2, 0.25) is 10.0 Å². The van der Waals surface area contributed by atoms with E-state index in [4.69, 9.17) is 4.43 Å². The zero-order valence-corrected chi connectivity index (χ0v) is 21.0. The van der Waals surface area contributed by atoms with E-state index in [1.807, 2.05) is 18.2 Å². The van der Waals surface area contributed by atoms with Crippen LogP contribution in [0.4, 0.5) is 0 Å². The monoisotopic (exact) mass is 436 g/mol. The fraction of sp³-hybridized carbons (Fsp3) is 0.682. The lowest BCUT2D eigenvalue weighted by molar-refractivity contribution is 0.223. The maximum Gasteiger partial charge on any atom is 0.219 e. The van der Waals surface area contributed by atoms with Gasteiger partial charge in [-0.25, -0.2) is 8.42 Å². The van der Waals surface area contributed by atoms with Gasteiger partial charge in [0.1, 0.15) is 0 Å². The van der Waals surface area contributed by atoms with Crippen molar-refractivity contribution in [1.82, 2.24) is 4.31 Å². The van der Waals surface area contributed by atoms with Crippen molar-refractivity contribution >= 4 is 18.3 Å². The Bertz CT molecular complexity index is 890. The molecular formula is C22H36N2O3SSi. The van der Waals surface area contributed by atoms with Gasteiger partial charge in [-0.3, -0.25) is 0 Å². The summed E-state index contributed by atoms with van der Waals surface area (Å²) in [7, 11) is -5.52. The predicted molar refractivity (Wildman–Crippen MR) is 121 cm³/mol. The number of benzene rings is 1. The minimum absolute atomic E-state index is 0.0718. The maximum absolute atomic E-state index is 13.5. The summed E-state index contributed by atoms with van der Waals surface area (Å²) in [6, 6.07) is 7.63. The first-order valence-corrected chi connectivity index (χ1v) is 14.7. The molecule has 0 aromatic heterocycles. The average Bonchev–Trinajstić information content (AvgIpc) is 3.00. The van der Waals surface area contributed by atoms with E-state index in [9.17, 15) is 13.7 Å². The fourth-order valence-electron chi connectivity index (χ4n) is 3.44. The summed E-state index contributed by atoms with van der Waals surface area (Å²) in [6.45, 7) is 16.8. The van der Waals surface area contributed by atoms with E-state index >= 15 is 0 Å². The topological polar surface area (TPSA) is 70.4 Å². The van der Waals surface area contributed by atoms with Crippen LogP contribution in [-0.2, 0) is 20.9 Å². The molecule has 0 saturated carbocycles. The summed E-state index contributed by atoms with van der Waals surface area (Å²) >= 11 is 0. The molecule has 1 atom stereocenters. The van der Waals surface area contributed by atoms with Crippen molar-refractivity contribution in [3.8, 4) is 6.07 Å². The van der Waals surface area contributed by atoms with E-state index < -0.39 is 23.1 Å². The number of hydrogen-bond donors (Lipinski definition) is 0. The van der Waals surface area contributed by atoms with Crippen molar-refractivity contribution in [2.45, 2.75) is 83.3 Å². The zero-order chi connectivity index (χ0) is 22.3. The van der Waals surface area contributed by atoms with Crippen LogP contribution in [0.2, 0.25) is 18.1 Å². The second-order valence-corrected chi connectivity index (χ2v) is 17.8. The molecule has 0 N–H and O–H groups in total. The molecule has 0 spiro atoms. The summed E-state index contributed by atoms with van der Waals surface area (Å²) in [5.74, 6) is 0. The third-order valence-electron chi connectivity index (χ3n) is 6.37. The van der Waals surface area contributed by atoms with Gasteiger partial charge in [0, 0.05) is 13.2 Å². The van der Waals surface area contributed by atoms with Crippen molar-refractivity contribution in [2.24, 2.45) is 0 Å². The van der Waals surface area contributed by atoms with Crippen LogP contribution in [-0.4, -0.2) is 38.9 Å². The standard InChI is InChI=1S/C22H36N2O3SSi/c1-21(2,3)28(25,26)24(14-15-27-29(7,8)22(4,5)6)20-13-12-18-17(16-23)10-9-11-19(18)20/h9-11,20H,12-15H2,1-8H3/t20-/m0/s1. The molecule has 0 heterocycles. The predicted octanol–water partition coefficient (Wildman–Crippen LogP) is 5.00. The molecule has 1 aromatic rings. The molecule has 7 heteroatoms. The van der Waals surface area contributed by atoms with Crippen LogP contribution in [0.15, 0.2) is 18.2 Å². The van der Waals surface area contributed by atoms with E-state index in [0.717, 1.165) is 17.5 Å². The molecule has 0 radical (unpaired) electrons. The Morgan fingerprint density at radius 3 is 2.34 bits per heavy atom. The van der Waals surface area contributed by atoms with Crippen LogP contribution >= 0.6 is 0 Å². The van der Waals surface area contributed by atoms with Gasteiger partial charge >= 0.3 is 0 Å². The lowest BCUT2D eigenvalue weighted by Gasteiger charge is -2.38. The summed E-state index contributed by atoms with van der Waals surface area (Å²) in [6.07, 6.45) is 1.42. The number of nitriles is 1. The molecule has 2 rings (SSSR count). The second kappa shape index (κ2) is 8.14. The van der Waals surface area contributed by atoms with Gasteiger partial charge in [-0.1, -0.05) is 32.9 Å². The second-order valence-electron chi connectivity index (χ2n) is 10.4. The molecule has 0 saturated heterocycles. The molecule has 0 unspecified atom stereocenters. The van der Waals surface area contributed by atoms with E-state index in [-0.39, 0.29) is 11.1 Å². The molecule has 0 bridgehead atoms. The SMILES string of the molecule is CC(C)(C)[Si](C)(C)OCCN([C@H]1CCc2c(C#N)cccc21)S(=O)(=O)C(C)(C)C. The Morgan fingerprint density at radius 1 is 1.21 bits per heavy atom. The largest absolute Gasteiger partial charge is 0.415 e. The minimum atomic E-state index is -3.55. The summed E-state index contributed by atoms with van der Waals surface area (Å²) in [5, 5.41) is 9.50. The van der Waals surface area contributed by atoms with Crippen molar-refractivity contribution < 1.29 is 12.8 Å². The average molecular weight is 437 g/mol. The fourth-order valence-corrected chi connectivity index (χ4v) is 6.05. The number of rotatable bonds is 6. The Kier molecular flexibility index (Phi) is 6.76. The van der Waals surface area contributed by atoms with E-state index in [1.54, 1.807) is 25.1 Å². The molecule has 0 amide bonds. The third-order valence-corrected chi connectivity index (χ3v) is 13.5. The highest BCUT2D eigenvalue weighted by Gasteiger charge is 2.43. The molecule has 0 aliphatic heterocycles. The number of sulfonamides is 1. The van der Waals surface area contributed by atoms with E-state index in [0.29, 0.717) is 25.1 Å². The first kappa shape index (κ1) is 24.1. The molecule has 0 fully saturated rings. The van der Waals surface area contributed by atoms with Crippen molar-refractivity contribution in [3.05, 3.63) is 34.9 Å². The lowest BCUT2D eigenvalue weighted by Crippen LogP contribution is -2.48. The first-order chi connectivity index (χ1) is 13.1. The van der Waals surface area contributed by atoms with Gasteiger partial charge < -0.3 is 4.43 Å². The highest BCUT2D eigenvalue weighted by molar-refractivity contribution is 7.90. The van der Waals surface area contributed by atoms with Gasteiger partial charge in [0.05, 0.1) is 22.4 Å². The molecule has 29 heavy (non-hydrogen) atoms. The lowest BCUT2D eigenvalue weighted by atomic mass is 10.0. The Balaban J connectivity index is 2.37. The molecule has 1 aliphatic rings. The van der Waals surface area contributed by atoms with Crippen LogP contribution < -0.4 is 0 Å². The molecule has 162 valence electrons.